The Morgan fingerprint density at radius 1 is 1.32 bits per heavy atom. The molecule has 2 rings (SSSR count). The van der Waals surface area contributed by atoms with Gasteiger partial charge in [0.2, 0.25) is 0 Å². The maximum absolute atomic E-state index is 10.8. The minimum atomic E-state index is -0.882. The molecular weight excluding hydrogens is 308 g/mol. The van der Waals surface area contributed by atoms with Crippen LogP contribution < -0.4 is 0 Å². The number of aromatic amines is 1. The zero-order valence-corrected chi connectivity index (χ0v) is 12.6. The van der Waals surface area contributed by atoms with Crippen LogP contribution in [0.5, 0.6) is 0 Å². The van der Waals surface area contributed by atoms with Gasteiger partial charge in [-0.15, -0.1) is 0 Å². The maximum atomic E-state index is 10.8. The van der Waals surface area contributed by atoms with Gasteiger partial charge < -0.3 is 5.11 Å². The Kier molecular flexibility index (Phi) is 3.75. The summed E-state index contributed by atoms with van der Waals surface area (Å²) in [7, 11) is 0. The molecule has 4 nitrogen and oxygen atoms in total. The van der Waals surface area contributed by atoms with Gasteiger partial charge in [0.25, 0.3) is 0 Å². The Labute approximate surface area is 120 Å². The van der Waals surface area contributed by atoms with Crippen LogP contribution in [-0.4, -0.2) is 21.3 Å². The van der Waals surface area contributed by atoms with Crippen LogP contribution in [0.3, 0.4) is 0 Å². The van der Waals surface area contributed by atoms with Crippen molar-refractivity contribution in [3.8, 4) is 11.3 Å². The van der Waals surface area contributed by atoms with E-state index in [4.69, 9.17) is 5.11 Å². The van der Waals surface area contributed by atoms with Gasteiger partial charge in [0.15, 0.2) is 0 Å². The number of benzene rings is 1. The van der Waals surface area contributed by atoms with E-state index in [0.717, 1.165) is 21.3 Å². The molecule has 2 aromatic rings. The van der Waals surface area contributed by atoms with E-state index in [1.165, 1.54) is 11.1 Å². The number of hydrogen-bond acceptors (Lipinski definition) is 2. The molecule has 1 aromatic carbocycles. The van der Waals surface area contributed by atoms with E-state index in [-0.39, 0.29) is 6.42 Å². The zero-order valence-electron chi connectivity index (χ0n) is 11.0. The average molecular weight is 323 g/mol. The van der Waals surface area contributed by atoms with Crippen LogP contribution in [-0.2, 0) is 11.2 Å². The van der Waals surface area contributed by atoms with Gasteiger partial charge in [-0.3, -0.25) is 9.89 Å². The molecule has 0 bridgehead atoms. The van der Waals surface area contributed by atoms with Crippen molar-refractivity contribution in [2.24, 2.45) is 0 Å². The van der Waals surface area contributed by atoms with Gasteiger partial charge in [-0.1, -0.05) is 12.1 Å². The van der Waals surface area contributed by atoms with Gasteiger partial charge in [-0.05, 0) is 53.4 Å². The second kappa shape index (κ2) is 5.17. The normalized spacial score (nSPS) is 10.7. The molecule has 0 saturated carbocycles. The van der Waals surface area contributed by atoms with E-state index >= 15 is 0 Å². The number of rotatable bonds is 3. The first-order valence-electron chi connectivity index (χ1n) is 5.93. The number of carboxylic acid groups (broad SMARTS) is 1. The molecule has 19 heavy (non-hydrogen) atoms. The summed E-state index contributed by atoms with van der Waals surface area (Å²) >= 11 is 3.44. The van der Waals surface area contributed by atoms with Crippen LogP contribution in [0, 0.1) is 20.8 Å². The molecule has 100 valence electrons. The van der Waals surface area contributed by atoms with Crippen molar-refractivity contribution in [1.29, 1.82) is 0 Å². The summed E-state index contributed by atoms with van der Waals surface area (Å²) in [5, 5.41) is 15.9. The number of carboxylic acids is 1. The molecule has 0 spiro atoms. The fourth-order valence-corrected chi connectivity index (χ4v) is 2.55. The molecule has 1 heterocycles. The smallest absolute Gasteiger partial charge is 0.309 e. The van der Waals surface area contributed by atoms with E-state index in [2.05, 4.69) is 53.0 Å². The first-order valence-corrected chi connectivity index (χ1v) is 6.72. The van der Waals surface area contributed by atoms with Gasteiger partial charge in [-0.2, -0.15) is 5.10 Å². The van der Waals surface area contributed by atoms with Crippen molar-refractivity contribution >= 4 is 21.9 Å². The predicted octanol–water partition coefficient (Wildman–Crippen LogP) is 3.39. The fraction of sp³-hybridized carbons (Fsp3) is 0.286. The largest absolute Gasteiger partial charge is 0.481 e. The second-order valence-electron chi connectivity index (χ2n) is 4.62. The lowest BCUT2D eigenvalue weighted by molar-refractivity contribution is -0.136. The summed E-state index contributed by atoms with van der Waals surface area (Å²) in [5.41, 5.74) is 5.99. The minimum Gasteiger partial charge on any atom is -0.481 e. The number of nitrogens with one attached hydrogen (secondary N) is 1. The second-order valence-corrected chi connectivity index (χ2v) is 5.41. The molecule has 1 aromatic heterocycles. The molecule has 0 aliphatic rings. The third-order valence-electron chi connectivity index (χ3n) is 3.42. The lowest BCUT2D eigenvalue weighted by Crippen LogP contribution is -2.00. The molecule has 0 atom stereocenters. The van der Waals surface area contributed by atoms with Gasteiger partial charge in [0, 0.05) is 5.56 Å². The number of halogens is 1. The summed E-state index contributed by atoms with van der Waals surface area (Å²) in [6, 6.07) is 4.07. The van der Waals surface area contributed by atoms with Crippen molar-refractivity contribution in [2.45, 2.75) is 27.2 Å². The van der Waals surface area contributed by atoms with Gasteiger partial charge in [-0.25, -0.2) is 0 Å². The zero-order chi connectivity index (χ0) is 14.2. The molecule has 0 unspecified atom stereocenters. The summed E-state index contributed by atoms with van der Waals surface area (Å²) < 4.78 is 0.723. The van der Waals surface area contributed by atoms with Crippen LogP contribution in [0.25, 0.3) is 11.3 Å². The van der Waals surface area contributed by atoms with Crippen molar-refractivity contribution in [2.75, 3.05) is 0 Å². The van der Waals surface area contributed by atoms with Gasteiger partial charge >= 0.3 is 5.97 Å². The highest BCUT2D eigenvalue weighted by atomic mass is 79.9. The summed E-state index contributed by atoms with van der Waals surface area (Å²) in [5.74, 6) is -0.882. The summed E-state index contributed by atoms with van der Waals surface area (Å²) in [6.45, 7) is 6.20. The van der Waals surface area contributed by atoms with Crippen molar-refractivity contribution < 1.29 is 9.90 Å². The summed E-state index contributed by atoms with van der Waals surface area (Å²) in [6.07, 6.45) is -0.0719. The Morgan fingerprint density at radius 2 is 2.00 bits per heavy atom. The third kappa shape index (κ3) is 2.56. The highest BCUT2D eigenvalue weighted by molar-refractivity contribution is 9.10. The summed E-state index contributed by atoms with van der Waals surface area (Å²) in [4.78, 5) is 10.8. The van der Waals surface area contributed by atoms with E-state index in [1.807, 2.05) is 6.07 Å². The molecule has 0 amide bonds. The monoisotopic (exact) mass is 322 g/mol. The molecule has 2 N–H and O–H groups in total. The van der Waals surface area contributed by atoms with E-state index < -0.39 is 5.97 Å². The SMILES string of the molecule is Cc1ccc(-c2n[nH]c(CC(=O)O)c2Br)c(C)c1C. The number of aromatic nitrogens is 2. The quantitative estimate of drug-likeness (QED) is 0.910. The number of carbonyl (C=O) groups is 1. The van der Waals surface area contributed by atoms with E-state index in [0.29, 0.717) is 5.69 Å². The highest BCUT2D eigenvalue weighted by Crippen LogP contribution is 2.33. The van der Waals surface area contributed by atoms with E-state index in [9.17, 15) is 4.79 Å². The minimum absolute atomic E-state index is 0.0719. The molecular formula is C14H15BrN2O2. The van der Waals surface area contributed by atoms with Crippen molar-refractivity contribution in [3.63, 3.8) is 0 Å². The number of nitrogens with zero attached hydrogens (tertiary/aromatic N) is 1. The molecule has 0 radical (unpaired) electrons. The van der Waals surface area contributed by atoms with Crippen LogP contribution in [0.2, 0.25) is 0 Å². The predicted molar refractivity (Wildman–Crippen MR) is 77.3 cm³/mol. The molecule has 0 saturated heterocycles. The van der Waals surface area contributed by atoms with Gasteiger partial charge in [0.1, 0.15) is 5.69 Å². The third-order valence-corrected chi connectivity index (χ3v) is 4.27. The van der Waals surface area contributed by atoms with Crippen LogP contribution >= 0.6 is 15.9 Å². The lowest BCUT2D eigenvalue weighted by atomic mass is 9.97. The molecule has 0 fully saturated rings. The standard InChI is InChI=1S/C14H15BrN2O2/c1-7-4-5-10(9(3)8(7)2)14-13(15)11(16-17-14)6-12(18)19/h4-5H,6H2,1-3H3,(H,16,17)(H,18,19). The van der Waals surface area contributed by atoms with Crippen LogP contribution in [0.15, 0.2) is 16.6 Å². The Bertz CT molecular complexity index is 647. The number of aliphatic carboxylic acids is 1. The number of H-pyrrole nitrogens is 1. The first kappa shape index (κ1) is 13.8. The molecule has 0 aliphatic heterocycles. The van der Waals surface area contributed by atoms with Crippen molar-refractivity contribution in [1.82, 2.24) is 10.2 Å². The number of hydrogen-bond donors (Lipinski definition) is 2. The average Bonchev–Trinajstić information content (AvgIpc) is 2.68. The topological polar surface area (TPSA) is 66.0 Å². The maximum Gasteiger partial charge on any atom is 0.309 e. The van der Waals surface area contributed by atoms with Crippen molar-refractivity contribution in [3.05, 3.63) is 39.0 Å². The molecule has 0 aliphatic carbocycles. The van der Waals surface area contributed by atoms with Crippen LogP contribution in [0.4, 0.5) is 0 Å². The van der Waals surface area contributed by atoms with Gasteiger partial charge in [0.05, 0.1) is 16.6 Å². The highest BCUT2D eigenvalue weighted by Gasteiger charge is 2.17. The lowest BCUT2D eigenvalue weighted by Gasteiger charge is -2.09. The van der Waals surface area contributed by atoms with E-state index in [1.54, 1.807) is 0 Å². The van der Waals surface area contributed by atoms with Crippen LogP contribution in [0.1, 0.15) is 22.4 Å². The Hall–Kier alpha value is -1.62. The number of aryl methyl sites for hydroxylation is 1. The first-order chi connectivity index (χ1) is 8.91. The fourth-order valence-electron chi connectivity index (χ4n) is 2.02. The Morgan fingerprint density at radius 3 is 2.63 bits per heavy atom. The molecule has 5 heteroatoms. The Balaban J connectivity index is 2.51.